The van der Waals surface area contributed by atoms with E-state index in [1.165, 1.54) is 18.2 Å². The average molecular weight is 322 g/mol. The molecule has 0 aliphatic heterocycles. The second-order valence-electron chi connectivity index (χ2n) is 4.42. The van der Waals surface area contributed by atoms with Crippen LogP contribution < -0.4 is 10.5 Å². The van der Waals surface area contributed by atoms with Crippen LogP contribution in [0.3, 0.4) is 0 Å². The Morgan fingerprint density at radius 1 is 1.29 bits per heavy atom. The van der Waals surface area contributed by atoms with Crippen LogP contribution in [0, 0.1) is 18.3 Å². The third kappa shape index (κ3) is 3.27. The SMILES string of the molecule is Cc1c(N)cc(Cl)cc1S(=O)(=O)Nc1cccc(C#N)c1. The van der Waals surface area contributed by atoms with E-state index in [0.717, 1.165) is 0 Å². The van der Waals surface area contributed by atoms with Gasteiger partial charge in [0.05, 0.1) is 22.2 Å². The molecule has 0 saturated heterocycles. The Morgan fingerprint density at radius 3 is 2.67 bits per heavy atom. The molecule has 2 rings (SSSR count). The molecule has 0 aliphatic carbocycles. The van der Waals surface area contributed by atoms with Gasteiger partial charge in [0, 0.05) is 10.7 Å². The minimum Gasteiger partial charge on any atom is -0.398 e. The summed E-state index contributed by atoms with van der Waals surface area (Å²) in [5.41, 5.74) is 7.11. The number of nitrogens with zero attached hydrogens (tertiary/aromatic N) is 1. The predicted octanol–water partition coefficient (Wildman–Crippen LogP) is 2.90. The summed E-state index contributed by atoms with van der Waals surface area (Å²) >= 11 is 5.86. The lowest BCUT2D eigenvalue weighted by Crippen LogP contribution is -2.15. The highest BCUT2D eigenvalue weighted by atomic mass is 35.5. The number of hydrogen-bond donors (Lipinski definition) is 2. The van der Waals surface area contributed by atoms with Gasteiger partial charge in [0.25, 0.3) is 10.0 Å². The summed E-state index contributed by atoms with van der Waals surface area (Å²) < 4.78 is 27.2. The quantitative estimate of drug-likeness (QED) is 0.849. The molecule has 0 fully saturated rings. The normalized spacial score (nSPS) is 10.9. The van der Waals surface area contributed by atoms with Crippen LogP contribution in [0.2, 0.25) is 5.02 Å². The molecule has 0 aliphatic rings. The molecule has 0 unspecified atom stereocenters. The molecule has 3 N–H and O–H groups in total. The van der Waals surface area contributed by atoms with Gasteiger partial charge in [-0.2, -0.15) is 5.26 Å². The number of anilines is 2. The summed E-state index contributed by atoms with van der Waals surface area (Å²) in [4.78, 5) is 0.00913. The van der Waals surface area contributed by atoms with Crippen molar-refractivity contribution in [3.05, 3.63) is 52.5 Å². The van der Waals surface area contributed by atoms with E-state index in [2.05, 4.69) is 4.72 Å². The number of benzene rings is 2. The first kappa shape index (κ1) is 15.2. The molecule has 0 spiro atoms. The first-order chi connectivity index (χ1) is 9.83. The molecule has 0 amide bonds. The van der Waals surface area contributed by atoms with Crippen LogP contribution in [0.1, 0.15) is 11.1 Å². The Morgan fingerprint density at radius 2 is 2.00 bits per heavy atom. The summed E-state index contributed by atoms with van der Waals surface area (Å²) in [5.74, 6) is 0. The van der Waals surface area contributed by atoms with Gasteiger partial charge in [-0.3, -0.25) is 4.72 Å². The smallest absolute Gasteiger partial charge is 0.262 e. The predicted molar refractivity (Wildman–Crippen MR) is 82.6 cm³/mol. The molecular formula is C14H12ClN3O2S. The van der Waals surface area contributed by atoms with Crippen LogP contribution >= 0.6 is 11.6 Å². The van der Waals surface area contributed by atoms with Crippen molar-refractivity contribution in [1.82, 2.24) is 0 Å². The van der Waals surface area contributed by atoms with Crippen LogP contribution in [0.4, 0.5) is 11.4 Å². The van der Waals surface area contributed by atoms with Crippen molar-refractivity contribution < 1.29 is 8.42 Å². The Labute approximate surface area is 128 Å². The Kier molecular flexibility index (Phi) is 4.07. The van der Waals surface area contributed by atoms with Gasteiger partial charge >= 0.3 is 0 Å². The molecule has 0 radical (unpaired) electrons. The van der Waals surface area contributed by atoms with E-state index in [0.29, 0.717) is 22.5 Å². The number of hydrogen-bond acceptors (Lipinski definition) is 4. The number of sulfonamides is 1. The zero-order chi connectivity index (χ0) is 15.6. The molecule has 2 aromatic carbocycles. The van der Waals surface area contributed by atoms with Crippen LogP contribution in [0.5, 0.6) is 0 Å². The maximum Gasteiger partial charge on any atom is 0.262 e. The van der Waals surface area contributed by atoms with Crippen molar-refractivity contribution >= 4 is 33.0 Å². The molecule has 5 nitrogen and oxygen atoms in total. The summed E-state index contributed by atoms with van der Waals surface area (Å²) in [5, 5.41) is 9.07. The van der Waals surface area contributed by atoms with E-state index in [9.17, 15) is 8.42 Å². The number of halogens is 1. The molecule has 108 valence electrons. The van der Waals surface area contributed by atoms with E-state index in [1.807, 2.05) is 6.07 Å². The van der Waals surface area contributed by atoms with E-state index in [-0.39, 0.29) is 9.92 Å². The van der Waals surface area contributed by atoms with Crippen molar-refractivity contribution in [3.8, 4) is 6.07 Å². The third-order valence-electron chi connectivity index (χ3n) is 2.90. The zero-order valence-corrected chi connectivity index (χ0v) is 12.7. The second kappa shape index (κ2) is 5.64. The lowest BCUT2D eigenvalue weighted by molar-refractivity contribution is 0.600. The third-order valence-corrected chi connectivity index (χ3v) is 4.62. The number of nitrogen functional groups attached to an aromatic ring is 1. The van der Waals surface area contributed by atoms with E-state index in [1.54, 1.807) is 25.1 Å². The Balaban J connectivity index is 2.46. The van der Waals surface area contributed by atoms with E-state index in [4.69, 9.17) is 22.6 Å². The standard InChI is InChI=1S/C14H12ClN3O2S/c1-9-13(17)6-11(15)7-14(9)21(19,20)18-12-4-2-3-10(5-12)8-16/h2-7,18H,17H2,1H3. The molecule has 7 heteroatoms. The fraction of sp³-hybridized carbons (Fsp3) is 0.0714. The molecular weight excluding hydrogens is 310 g/mol. The summed E-state index contributed by atoms with van der Waals surface area (Å²) in [6, 6.07) is 11.0. The lowest BCUT2D eigenvalue weighted by atomic mass is 10.2. The number of nitrogens with two attached hydrogens (primary N) is 1. The van der Waals surface area contributed by atoms with Crippen molar-refractivity contribution in [2.75, 3.05) is 10.5 Å². The van der Waals surface area contributed by atoms with Gasteiger partial charge in [-0.05, 0) is 42.8 Å². The number of rotatable bonds is 3. The molecule has 0 heterocycles. The van der Waals surface area contributed by atoms with Gasteiger partial charge in [0.1, 0.15) is 0 Å². The summed E-state index contributed by atoms with van der Waals surface area (Å²) in [6.45, 7) is 1.60. The van der Waals surface area contributed by atoms with Gasteiger partial charge in [0.15, 0.2) is 0 Å². The van der Waals surface area contributed by atoms with Crippen LogP contribution in [0.15, 0.2) is 41.3 Å². The van der Waals surface area contributed by atoms with Gasteiger partial charge in [0.2, 0.25) is 0 Å². The minimum absolute atomic E-state index is 0.00913. The monoisotopic (exact) mass is 321 g/mol. The van der Waals surface area contributed by atoms with Crippen LogP contribution in [0.25, 0.3) is 0 Å². The maximum absolute atomic E-state index is 12.4. The van der Waals surface area contributed by atoms with Crippen molar-refractivity contribution in [2.24, 2.45) is 0 Å². The number of nitrogens with one attached hydrogen (secondary N) is 1. The molecule has 21 heavy (non-hydrogen) atoms. The lowest BCUT2D eigenvalue weighted by Gasteiger charge is -2.12. The molecule has 0 atom stereocenters. The fourth-order valence-electron chi connectivity index (χ4n) is 1.82. The van der Waals surface area contributed by atoms with Crippen LogP contribution in [-0.2, 0) is 10.0 Å². The second-order valence-corrected chi connectivity index (χ2v) is 6.50. The Bertz CT molecular complexity index is 842. The highest BCUT2D eigenvalue weighted by Crippen LogP contribution is 2.27. The summed E-state index contributed by atoms with van der Waals surface area (Å²) in [6.07, 6.45) is 0. The minimum atomic E-state index is -3.84. The molecule has 2 aromatic rings. The largest absolute Gasteiger partial charge is 0.398 e. The van der Waals surface area contributed by atoms with E-state index < -0.39 is 10.0 Å². The van der Waals surface area contributed by atoms with Gasteiger partial charge in [-0.25, -0.2) is 8.42 Å². The van der Waals surface area contributed by atoms with Gasteiger partial charge in [-0.1, -0.05) is 17.7 Å². The van der Waals surface area contributed by atoms with Crippen molar-refractivity contribution in [3.63, 3.8) is 0 Å². The first-order valence-electron chi connectivity index (χ1n) is 5.92. The average Bonchev–Trinajstić information content (AvgIpc) is 2.42. The van der Waals surface area contributed by atoms with Crippen molar-refractivity contribution in [2.45, 2.75) is 11.8 Å². The molecule has 0 saturated carbocycles. The maximum atomic E-state index is 12.4. The van der Waals surface area contributed by atoms with Gasteiger partial charge in [-0.15, -0.1) is 0 Å². The summed E-state index contributed by atoms with van der Waals surface area (Å²) in [7, 11) is -3.84. The molecule has 0 bridgehead atoms. The molecule has 0 aromatic heterocycles. The van der Waals surface area contributed by atoms with Gasteiger partial charge < -0.3 is 5.73 Å². The van der Waals surface area contributed by atoms with Crippen molar-refractivity contribution in [1.29, 1.82) is 5.26 Å². The highest BCUT2D eigenvalue weighted by Gasteiger charge is 2.19. The van der Waals surface area contributed by atoms with E-state index >= 15 is 0 Å². The van der Waals surface area contributed by atoms with Crippen LogP contribution in [-0.4, -0.2) is 8.42 Å². The zero-order valence-electron chi connectivity index (χ0n) is 11.1. The fourth-order valence-corrected chi connectivity index (χ4v) is 3.46. The number of nitriles is 1. The topological polar surface area (TPSA) is 96.0 Å². The first-order valence-corrected chi connectivity index (χ1v) is 7.78. The highest BCUT2D eigenvalue weighted by molar-refractivity contribution is 7.92. The Hall–Kier alpha value is -2.23.